The van der Waals surface area contributed by atoms with Crippen molar-refractivity contribution in [2.24, 2.45) is 11.8 Å². The topological polar surface area (TPSA) is 0 Å². The van der Waals surface area contributed by atoms with Gasteiger partial charge in [0.15, 0.2) is 0 Å². The van der Waals surface area contributed by atoms with Crippen LogP contribution >= 0.6 is 0 Å². The molecule has 2 atom stereocenters. The van der Waals surface area contributed by atoms with Crippen molar-refractivity contribution in [1.82, 2.24) is 0 Å². The highest BCUT2D eigenvalue weighted by Gasteiger charge is 2.09. The Bertz CT molecular complexity index is 322. The molecule has 0 aromatic carbocycles. The van der Waals surface area contributed by atoms with Gasteiger partial charge in [-0.2, -0.15) is 0 Å². The number of hydrogen-bond donors (Lipinski definition) is 0. The molecule has 0 saturated heterocycles. The minimum atomic E-state index is 0.512. The van der Waals surface area contributed by atoms with Crippen molar-refractivity contribution in [1.29, 1.82) is 0 Å². The Labute approximate surface area is 140 Å². The van der Waals surface area contributed by atoms with E-state index in [1.165, 1.54) is 70.6 Å². The first-order valence-corrected chi connectivity index (χ1v) is 9.70. The molecule has 0 aromatic rings. The van der Waals surface area contributed by atoms with Crippen LogP contribution in [0.4, 0.5) is 0 Å². The molecule has 0 rings (SSSR count). The van der Waals surface area contributed by atoms with E-state index in [9.17, 15) is 0 Å². The molecule has 0 aliphatic rings. The molecule has 0 fully saturated rings. The fourth-order valence-electron chi connectivity index (χ4n) is 2.88. The summed E-state index contributed by atoms with van der Waals surface area (Å²) in [5, 5.41) is 0. The van der Waals surface area contributed by atoms with Crippen LogP contribution in [0.3, 0.4) is 0 Å². The summed E-state index contributed by atoms with van der Waals surface area (Å²) in [6.07, 6.45) is 21.9. The Morgan fingerprint density at radius 1 is 0.727 bits per heavy atom. The van der Waals surface area contributed by atoms with Crippen LogP contribution in [0.1, 0.15) is 104 Å². The van der Waals surface area contributed by atoms with Gasteiger partial charge >= 0.3 is 0 Å². The molecule has 0 heteroatoms. The van der Waals surface area contributed by atoms with Gasteiger partial charge in [0.2, 0.25) is 0 Å². The average molecular weight is 303 g/mol. The molecule has 0 heterocycles. The third-order valence-electron chi connectivity index (χ3n) is 4.59. The second kappa shape index (κ2) is 16.5. The molecule has 0 nitrogen and oxygen atoms in total. The Hall–Kier alpha value is -0.880. The lowest BCUT2D eigenvalue weighted by molar-refractivity contribution is 0.399. The Kier molecular flexibility index (Phi) is 15.8. The maximum Gasteiger partial charge on any atom is 0.0200 e. The maximum absolute atomic E-state index is 5.67. The van der Waals surface area contributed by atoms with E-state index in [-0.39, 0.29) is 0 Å². The minimum Gasteiger partial charge on any atom is -0.120 e. The number of unbranched alkanes of at least 4 members (excludes halogenated alkanes) is 4. The molecule has 0 saturated carbocycles. The van der Waals surface area contributed by atoms with Gasteiger partial charge in [0.05, 0.1) is 0 Å². The lowest BCUT2D eigenvalue weighted by Crippen LogP contribution is -2.02. The molecule has 0 amide bonds. The van der Waals surface area contributed by atoms with Crippen LogP contribution < -0.4 is 0 Å². The van der Waals surface area contributed by atoms with Gasteiger partial charge in [-0.1, -0.05) is 65.7 Å². The smallest absolute Gasteiger partial charge is 0.0200 e. The van der Waals surface area contributed by atoms with E-state index in [0.29, 0.717) is 5.92 Å². The predicted molar refractivity (Wildman–Crippen MR) is 101 cm³/mol. The van der Waals surface area contributed by atoms with Crippen LogP contribution in [0.15, 0.2) is 0 Å². The second-order valence-electron chi connectivity index (χ2n) is 6.56. The zero-order valence-electron chi connectivity index (χ0n) is 15.4. The fraction of sp³-hybridized carbons (Fsp3) is 0.818. The molecule has 126 valence electrons. The van der Waals surface area contributed by atoms with Crippen LogP contribution in [0.5, 0.6) is 0 Å². The first-order valence-electron chi connectivity index (χ1n) is 9.70. The van der Waals surface area contributed by atoms with Gasteiger partial charge in [-0.3, -0.25) is 0 Å². The van der Waals surface area contributed by atoms with Crippen LogP contribution in [0.2, 0.25) is 0 Å². The quantitative estimate of drug-likeness (QED) is 0.254. The van der Waals surface area contributed by atoms with Crippen molar-refractivity contribution in [3.05, 3.63) is 0 Å². The first kappa shape index (κ1) is 21.1. The van der Waals surface area contributed by atoms with E-state index in [4.69, 9.17) is 6.42 Å². The van der Waals surface area contributed by atoms with Crippen molar-refractivity contribution in [3.8, 4) is 24.2 Å². The molecule has 0 radical (unpaired) electrons. The molecular formula is C22H38. The van der Waals surface area contributed by atoms with Gasteiger partial charge in [0.1, 0.15) is 0 Å². The summed E-state index contributed by atoms with van der Waals surface area (Å²) in [5.74, 6) is 11.0. The van der Waals surface area contributed by atoms with E-state index in [1.807, 2.05) is 0 Å². The van der Waals surface area contributed by atoms with Crippen LogP contribution in [-0.2, 0) is 0 Å². The molecule has 0 aliphatic heterocycles. The Balaban J connectivity index is 3.78. The summed E-state index contributed by atoms with van der Waals surface area (Å²) >= 11 is 0. The van der Waals surface area contributed by atoms with Crippen molar-refractivity contribution < 1.29 is 0 Å². The summed E-state index contributed by atoms with van der Waals surface area (Å²) in [4.78, 5) is 0. The normalized spacial score (nSPS) is 13.0. The van der Waals surface area contributed by atoms with Gasteiger partial charge < -0.3 is 0 Å². The summed E-state index contributed by atoms with van der Waals surface area (Å²) in [5.41, 5.74) is 0. The van der Waals surface area contributed by atoms with Gasteiger partial charge in [0, 0.05) is 18.8 Å². The molecule has 0 bridgehead atoms. The third-order valence-corrected chi connectivity index (χ3v) is 4.59. The molecule has 0 N–H and O–H groups in total. The van der Waals surface area contributed by atoms with Gasteiger partial charge in [-0.05, 0) is 31.6 Å². The number of rotatable bonds is 13. The molecule has 2 unspecified atom stereocenters. The van der Waals surface area contributed by atoms with Crippen molar-refractivity contribution >= 4 is 0 Å². The fourth-order valence-corrected chi connectivity index (χ4v) is 2.88. The van der Waals surface area contributed by atoms with Gasteiger partial charge in [-0.15, -0.1) is 24.2 Å². The summed E-state index contributed by atoms with van der Waals surface area (Å²) in [6, 6.07) is 0. The standard InChI is InChI=1S/C22H38/c1-5-9-11-12-13-15-18-22(8-4)20-16-19-21(7-3)17-14-10-6-2/h3,21-22H,5-6,8-11,14-20H2,1-2,4H3. The number of hydrogen-bond acceptors (Lipinski definition) is 0. The van der Waals surface area contributed by atoms with Crippen molar-refractivity contribution in [3.63, 3.8) is 0 Å². The predicted octanol–water partition coefficient (Wildman–Crippen LogP) is 6.99. The van der Waals surface area contributed by atoms with Crippen LogP contribution in [0, 0.1) is 36.0 Å². The summed E-state index contributed by atoms with van der Waals surface area (Å²) < 4.78 is 0. The second-order valence-corrected chi connectivity index (χ2v) is 6.56. The van der Waals surface area contributed by atoms with E-state index < -0.39 is 0 Å². The monoisotopic (exact) mass is 302 g/mol. The van der Waals surface area contributed by atoms with Crippen LogP contribution in [-0.4, -0.2) is 0 Å². The minimum absolute atomic E-state index is 0.512. The third kappa shape index (κ3) is 12.8. The van der Waals surface area contributed by atoms with Gasteiger partial charge in [-0.25, -0.2) is 0 Å². The lowest BCUT2D eigenvalue weighted by atomic mass is 9.90. The SMILES string of the molecule is C#CC(CCCCC)CCCC(CC)CCC#CCCCC. The lowest BCUT2D eigenvalue weighted by Gasteiger charge is -2.15. The van der Waals surface area contributed by atoms with Crippen molar-refractivity contribution in [2.45, 2.75) is 104 Å². The highest BCUT2D eigenvalue weighted by Crippen LogP contribution is 2.22. The largest absolute Gasteiger partial charge is 0.120 e. The summed E-state index contributed by atoms with van der Waals surface area (Å²) in [6.45, 7) is 6.79. The average Bonchev–Trinajstić information content (AvgIpc) is 2.54. The molecule has 22 heavy (non-hydrogen) atoms. The highest BCUT2D eigenvalue weighted by molar-refractivity contribution is 4.98. The zero-order valence-corrected chi connectivity index (χ0v) is 15.4. The van der Waals surface area contributed by atoms with E-state index >= 15 is 0 Å². The number of terminal acetylenes is 1. The molecular weight excluding hydrogens is 264 g/mol. The zero-order chi connectivity index (χ0) is 16.5. The van der Waals surface area contributed by atoms with Gasteiger partial charge in [0.25, 0.3) is 0 Å². The van der Waals surface area contributed by atoms with Crippen LogP contribution in [0.25, 0.3) is 0 Å². The highest BCUT2D eigenvalue weighted by atomic mass is 14.1. The Morgan fingerprint density at radius 3 is 2.05 bits per heavy atom. The first-order chi connectivity index (χ1) is 10.8. The van der Waals surface area contributed by atoms with E-state index in [0.717, 1.165) is 18.8 Å². The molecule has 0 aliphatic carbocycles. The Morgan fingerprint density at radius 2 is 1.41 bits per heavy atom. The molecule has 0 aromatic heterocycles. The van der Waals surface area contributed by atoms with E-state index in [1.54, 1.807) is 0 Å². The summed E-state index contributed by atoms with van der Waals surface area (Å²) in [7, 11) is 0. The maximum atomic E-state index is 5.67. The van der Waals surface area contributed by atoms with E-state index in [2.05, 4.69) is 38.5 Å². The molecule has 0 spiro atoms. The van der Waals surface area contributed by atoms with Crippen molar-refractivity contribution in [2.75, 3.05) is 0 Å².